The van der Waals surface area contributed by atoms with Gasteiger partial charge in [0, 0.05) is 16.7 Å². The summed E-state index contributed by atoms with van der Waals surface area (Å²) >= 11 is 5.62. The van der Waals surface area contributed by atoms with Gasteiger partial charge in [0.15, 0.2) is 0 Å². The van der Waals surface area contributed by atoms with E-state index >= 15 is 0 Å². The molecule has 19 heavy (non-hydrogen) atoms. The first-order valence-electron chi connectivity index (χ1n) is 5.39. The number of ether oxygens (including phenoxy) is 1. The molecule has 1 aromatic carbocycles. The van der Waals surface area contributed by atoms with Crippen molar-refractivity contribution in [3.05, 3.63) is 62.9 Å². The van der Waals surface area contributed by atoms with Gasteiger partial charge in [0.1, 0.15) is 31.1 Å². The molecule has 100 valence electrons. The Morgan fingerprint density at radius 2 is 2.16 bits per heavy atom. The van der Waals surface area contributed by atoms with Crippen LogP contribution in [0, 0.1) is 5.82 Å². The molecule has 0 saturated heterocycles. The van der Waals surface area contributed by atoms with Crippen LogP contribution < -0.4 is 10.2 Å². The van der Waals surface area contributed by atoms with Crippen LogP contribution in [-0.4, -0.2) is 5.11 Å². The molecule has 0 amide bonds. The second kappa shape index (κ2) is 5.86. The highest BCUT2D eigenvalue weighted by Crippen LogP contribution is 2.16. The number of hydrogen-bond donors (Lipinski definition) is 1. The van der Waals surface area contributed by atoms with E-state index < -0.39 is 11.2 Å². The Hall–Kier alpha value is -1.85. The predicted molar refractivity (Wildman–Crippen MR) is 66.6 cm³/mol. The molecule has 0 fully saturated rings. The highest BCUT2D eigenvalue weighted by atomic mass is 35.5. The monoisotopic (exact) mass is 284 g/mol. The maximum Gasteiger partial charge on any atom is 0.227 e. The fourth-order valence-corrected chi connectivity index (χ4v) is 1.58. The van der Waals surface area contributed by atoms with Gasteiger partial charge < -0.3 is 14.3 Å². The van der Waals surface area contributed by atoms with Crippen molar-refractivity contribution in [1.29, 1.82) is 0 Å². The minimum Gasteiger partial charge on any atom is -0.482 e. The maximum atomic E-state index is 13.5. The van der Waals surface area contributed by atoms with E-state index in [9.17, 15) is 9.18 Å². The first-order chi connectivity index (χ1) is 9.10. The Labute approximate surface area is 113 Å². The normalized spacial score (nSPS) is 10.5. The van der Waals surface area contributed by atoms with Gasteiger partial charge in [0.2, 0.25) is 11.2 Å². The molecule has 1 aromatic heterocycles. The molecule has 1 heterocycles. The average Bonchev–Trinajstić information content (AvgIpc) is 2.39. The highest BCUT2D eigenvalue weighted by molar-refractivity contribution is 6.30. The molecular formula is C13H10ClFO4. The summed E-state index contributed by atoms with van der Waals surface area (Å²) in [5.41, 5.74) is -0.167. The molecule has 2 aromatic rings. The number of rotatable bonds is 4. The summed E-state index contributed by atoms with van der Waals surface area (Å²) in [4.78, 5) is 11.5. The van der Waals surface area contributed by atoms with Gasteiger partial charge in [0.25, 0.3) is 0 Å². The van der Waals surface area contributed by atoms with Crippen molar-refractivity contribution in [2.24, 2.45) is 0 Å². The van der Waals surface area contributed by atoms with Gasteiger partial charge in [-0.25, -0.2) is 4.39 Å². The molecule has 1 N–H and O–H groups in total. The molecule has 6 heteroatoms. The van der Waals surface area contributed by atoms with E-state index in [1.165, 1.54) is 12.1 Å². The largest absolute Gasteiger partial charge is 0.482 e. The van der Waals surface area contributed by atoms with Crippen molar-refractivity contribution >= 4 is 11.6 Å². The van der Waals surface area contributed by atoms with Crippen LogP contribution in [0.1, 0.15) is 11.3 Å². The Kier molecular flexibility index (Phi) is 4.19. The minimum absolute atomic E-state index is 0.0495. The van der Waals surface area contributed by atoms with Crippen LogP contribution in [-0.2, 0) is 13.2 Å². The predicted octanol–water partition coefficient (Wildman–Crippen LogP) is 2.50. The Bertz CT molecular complexity index is 639. The second-order valence-electron chi connectivity index (χ2n) is 3.76. The van der Waals surface area contributed by atoms with E-state index in [1.54, 1.807) is 0 Å². The standard InChI is InChI=1S/C13H10ClFO4/c14-9-2-1-8(11(15)3-9)6-19-13-7-18-10(5-16)4-12(13)17/h1-4,7,16H,5-6H2. The molecule has 0 bridgehead atoms. The summed E-state index contributed by atoms with van der Waals surface area (Å²) in [6.45, 7) is -0.492. The quantitative estimate of drug-likeness (QED) is 0.937. The number of hydrogen-bond acceptors (Lipinski definition) is 4. The van der Waals surface area contributed by atoms with E-state index in [0.29, 0.717) is 0 Å². The highest BCUT2D eigenvalue weighted by Gasteiger charge is 2.07. The summed E-state index contributed by atoms with van der Waals surface area (Å²) < 4.78 is 23.6. The van der Waals surface area contributed by atoms with Crippen LogP contribution in [0.4, 0.5) is 4.39 Å². The molecule has 0 atom stereocenters. The second-order valence-corrected chi connectivity index (χ2v) is 4.19. The fourth-order valence-electron chi connectivity index (χ4n) is 1.42. The lowest BCUT2D eigenvalue weighted by Gasteiger charge is -2.06. The summed E-state index contributed by atoms with van der Waals surface area (Å²) in [7, 11) is 0. The third-order valence-electron chi connectivity index (χ3n) is 2.41. The van der Waals surface area contributed by atoms with E-state index in [-0.39, 0.29) is 35.3 Å². The molecule has 0 spiro atoms. The van der Waals surface area contributed by atoms with Crippen molar-refractivity contribution in [2.75, 3.05) is 0 Å². The lowest BCUT2D eigenvalue weighted by Crippen LogP contribution is -2.08. The number of benzene rings is 1. The molecule has 0 aliphatic carbocycles. The SMILES string of the molecule is O=c1cc(CO)occ1OCc1ccc(Cl)cc1F. The number of aliphatic hydroxyl groups excluding tert-OH is 1. The zero-order chi connectivity index (χ0) is 13.8. The molecule has 0 saturated carbocycles. The molecule has 0 unspecified atom stereocenters. The van der Waals surface area contributed by atoms with Crippen molar-refractivity contribution in [3.8, 4) is 5.75 Å². The fraction of sp³-hybridized carbons (Fsp3) is 0.154. The first kappa shape index (κ1) is 13.6. The lowest BCUT2D eigenvalue weighted by molar-refractivity contribution is 0.235. The van der Waals surface area contributed by atoms with Crippen molar-refractivity contribution in [3.63, 3.8) is 0 Å². The molecule has 0 aliphatic rings. The molecule has 4 nitrogen and oxygen atoms in total. The van der Waals surface area contributed by atoms with E-state index in [0.717, 1.165) is 18.4 Å². The van der Waals surface area contributed by atoms with Gasteiger partial charge in [-0.2, -0.15) is 0 Å². The summed E-state index contributed by atoms with van der Waals surface area (Å²) in [5, 5.41) is 9.07. The van der Waals surface area contributed by atoms with Crippen LogP contribution in [0.15, 0.2) is 39.7 Å². The Morgan fingerprint density at radius 1 is 1.37 bits per heavy atom. The molecular weight excluding hydrogens is 275 g/mol. The minimum atomic E-state index is -0.510. The van der Waals surface area contributed by atoms with Crippen LogP contribution >= 0.6 is 11.6 Å². The molecule has 2 rings (SSSR count). The maximum absolute atomic E-state index is 13.5. The lowest BCUT2D eigenvalue weighted by atomic mass is 10.2. The zero-order valence-corrected chi connectivity index (χ0v) is 10.5. The number of halogens is 2. The van der Waals surface area contributed by atoms with E-state index in [4.69, 9.17) is 25.9 Å². The topological polar surface area (TPSA) is 59.7 Å². The Balaban J connectivity index is 2.12. The third kappa shape index (κ3) is 3.33. The summed E-state index contributed by atoms with van der Waals surface area (Å²) in [6.07, 6.45) is 1.09. The van der Waals surface area contributed by atoms with Crippen molar-refractivity contribution in [1.82, 2.24) is 0 Å². The zero-order valence-electron chi connectivity index (χ0n) is 9.73. The van der Waals surface area contributed by atoms with Crippen molar-refractivity contribution in [2.45, 2.75) is 13.2 Å². The van der Waals surface area contributed by atoms with E-state index in [2.05, 4.69) is 0 Å². The van der Waals surface area contributed by atoms with Crippen molar-refractivity contribution < 1.29 is 18.7 Å². The summed E-state index contributed by atoms with van der Waals surface area (Å²) in [5.74, 6) is -0.426. The van der Waals surface area contributed by atoms with Gasteiger partial charge >= 0.3 is 0 Å². The first-order valence-corrected chi connectivity index (χ1v) is 5.77. The van der Waals surface area contributed by atoms with Crippen LogP contribution in [0.25, 0.3) is 0 Å². The van der Waals surface area contributed by atoms with Crippen LogP contribution in [0.3, 0.4) is 0 Å². The van der Waals surface area contributed by atoms with Gasteiger partial charge in [-0.15, -0.1) is 0 Å². The van der Waals surface area contributed by atoms with Gasteiger partial charge in [-0.1, -0.05) is 17.7 Å². The van der Waals surface area contributed by atoms with Crippen LogP contribution in [0.2, 0.25) is 5.02 Å². The van der Waals surface area contributed by atoms with Gasteiger partial charge in [-0.05, 0) is 12.1 Å². The number of aliphatic hydroxyl groups is 1. The average molecular weight is 285 g/mol. The Morgan fingerprint density at radius 3 is 2.79 bits per heavy atom. The smallest absolute Gasteiger partial charge is 0.227 e. The molecule has 0 radical (unpaired) electrons. The third-order valence-corrected chi connectivity index (χ3v) is 2.64. The van der Waals surface area contributed by atoms with E-state index in [1.807, 2.05) is 0 Å². The molecule has 0 aliphatic heterocycles. The van der Waals surface area contributed by atoms with Gasteiger partial charge in [-0.3, -0.25) is 4.79 Å². The summed E-state index contributed by atoms with van der Waals surface area (Å²) in [6, 6.07) is 5.28. The van der Waals surface area contributed by atoms with Crippen LogP contribution in [0.5, 0.6) is 5.75 Å². The van der Waals surface area contributed by atoms with Gasteiger partial charge in [0.05, 0.1) is 0 Å².